The molecular formula is C14H15N2NaO5S. The number of hydrogen-bond acceptors (Lipinski definition) is 7. The molecule has 0 fully saturated rings. The van der Waals surface area contributed by atoms with E-state index in [2.05, 4.69) is 9.99 Å². The zero-order valence-corrected chi connectivity index (χ0v) is 16.0. The van der Waals surface area contributed by atoms with Crippen LogP contribution in [0.1, 0.15) is 12.5 Å². The average molecular weight is 346 g/mol. The second-order valence-electron chi connectivity index (χ2n) is 4.89. The van der Waals surface area contributed by atoms with Crippen LogP contribution in [0.25, 0.3) is 6.08 Å². The van der Waals surface area contributed by atoms with Gasteiger partial charge in [0, 0.05) is 19.3 Å². The first-order valence-corrected chi connectivity index (χ1v) is 8.07. The van der Waals surface area contributed by atoms with E-state index in [1.807, 2.05) is 0 Å². The van der Waals surface area contributed by atoms with Crippen LogP contribution in [0.3, 0.4) is 0 Å². The largest absolute Gasteiger partial charge is 1.00 e. The Morgan fingerprint density at radius 1 is 1.30 bits per heavy atom. The van der Waals surface area contributed by atoms with Crippen LogP contribution in [0.15, 0.2) is 35.0 Å². The molecule has 2 rings (SSSR count). The fourth-order valence-electron chi connectivity index (χ4n) is 1.89. The molecule has 1 aromatic rings. The second kappa shape index (κ2) is 8.07. The van der Waals surface area contributed by atoms with Gasteiger partial charge in [0.05, 0.1) is 27.2 Å². The third kappa shape index (κ3) is 5.74. The van der Waals surface area contributed by atoms with Gasteiger partial charge in [0.1, 0.15) is 0 Å². The van der Waals surface area contributed by atoms with Crippen LogP contribution in [0, 0.1) is 0 Å². The number of carbonyl (C=O) groups is 1. The van der Waals surface area contributed by atoms with E-state index in [9.17, 15) is 17.8 Å². The predicted octanol–water partition coefficient (Wildman–Crippen LogP) is -2.01. The Morgan fingerprint density at radius 2 is 1.91 bits per heavy atom. The SMILES string of the molecule is CC1=NOC(=O)/C1=C/c1ccc(N(C)CCS(=O)(=O)[O-])cc1.[Na+]. The quantitative estimate of drug-likeness (QED) is 0.264. The van der Waals surface area contributed by atoms with Crippen molar-refractivity contribution < 1.29 is 52.2 Å². The van der Waals surface area contributed by atoms with Crippen LogP contribution in [0.5, 0.6) is 0 Å². The van der Waals surface area contributed by atoms with Crippen LogP contribution in [0.2, 0.25) is 0 Å². The molecule has 9 heteroatoms. The van der Waals surface area contributed by atoms with Gasteiger partial charge in [-0.3, -0.25) is 0 Å². The standard InChI is InChI=1S/C14H16N2O5S.Na/c1-10-13(14(17)21-15-10)9-11-3-5-12(6-4-11)16(2)7-8-22(18,19)20;/h3-6,9H,7-8H2,1-2H3,(H,18,19,20);/q;+1/p-1/b13-9+;. The Labute approximate surface area is 157 Å². The van der Waals surface area contributed by atoms with E-state index in [0.29, 0.717) is 11.3 Å². The second-order valence-corrected chi connectivity index (χ2v) is 6.41. The fraction of sp³-hybridized carbons (Fsp3) is 0.286. The number of nitrogens with zero attached hydrogens (tertiary/aromatic N) is 2. The minimum atomic E-state index is -4.23. The van der Waals surface area contributed by atoms with Crippen molar-refractivity contribution >= 4 is 33.6 Å². The smallest absolute Gasteiger partial charge is 0.748 e. The van der Waals surface area contributed by atoms with Crippen LogP contribution in [-0.4, -0.2) is 44.0 Å². The molecule has 0 atom stereocenters. The van der Waals surface area contributed by atoms with Gasteiger partial charge in [-0.1, -0.05) is 17.3 Å². The first-order valence-electron chi connectivity index (χ1n) is 6.49. The molecule has 0 saturated heterocycles. The van der Waals surface area contributed by atoms with Gasteiger partial charge < -0.3 is 14.3 Å². The zero-order valence-electron chi connectivity index (χ0n) is 13.1. The van der Waals surface area contributed by atoms with Gasteiger partial charge in [0.25, 0.3) is 0 Å². The molecule has 0 spiro atoms. The van der Waals surface area contributed by atoms with E-state index < -0.39 is 21.8 Å². The summed E-state index contributed by atoms with van der Waals surface area (Å²) in [4.78, 5) is 17.7. The summed E-state index contributed by atoms with van der Waals surface area (Å²) in [7, 11) is -2.53. The number of benzene rings is 1. The van der Waals surface area contributed by atoms with Crippen molar-refractivity contribution in [3.63, 3.8) is 0 Å². The van der Waals surface area contributed by atoms with Gasteiger partial charge in [0.15, 0.2) is 0 Å². The molecule has 118 valence electrons. The maximum atomic E-state index is 11.4. The van der Waals surface area contributed by atoms with Gasteiger partial charge in [-0.25, -0.2) is 13.2 Å². The minimum Gasteiger partial charge on any atom is -0.748 e. The molecule has 23 heavy (non-hydrogen) atoms. The number of carbonyl (C=O) groups excluding carboxylic acids is 1. The molecule has 0 N–H and O–H groups in total. The Bertz CT molecular complexity index is 741. The van der Waals surface area contributed by atoms with Crippen molar-refractivity contribution in [2.45, 2.75) is 6.92 Å². The van der Waals surface area contributed by atoms with E-state index in [-0.39, 0.29) is 36.1 Å². The van der Waals surface area contributed by atoms with Crippen molar-refractivity contribution in [2.75, 3.05) is 24.2 Å². The molecule has 1 aliphatic heterocycles. The summed E-state index contributed by atoms with van der Waals surface area (Å²) in [5.41, 5.74) is 2.48. The maximum absolute atomic E-state index is 11.4. The molecular weight excluding hydrogens is 331 g/mol. The van der Waals surface area contributed by atoms with Crippen molar-refractivity contribution in [1.29, 1.82) is 0 Å². The summed E-state index contributed by atoms with van der Waals surface area (Å²) >= 11 is 0. The van der Waals surface area contributed by atoms with Crippen molar-refractivity contribution in [3.8, 4) is 0 Å². The van der Waals surface area contributed by atoms with E-state index in [4.69, 9.17) is 0 Å². The summed E-state index contributed by atoms with van der Waals surface area (Å²) in [5, 5.41) is 3.59. The Hall–Kier alpha value is -1.19. The summed E-state index contributed by atoms with van der Waals surface area (Å²) in [6, 6.07) is 7.11. The zero-order chi connectivity index (χ0) is 16.3. The van der Waals surface area contributed by atoms with E-state index >= 15 is 0 Å². The summed E-state index contributed by atoms with van der Waals surface area (Å²) in [6.07, 6.45) is 1.67. The first-order chi connectivity index (χ1) is 10.3. The molecule has 1 heterocycles. The molecule has 0 aromatic heterocycles. The topological polar surface area (TPSA) is 99.1 Å². The fourth-order valence-corrected chi connectivity index (χ4v) is 2.39. The summed E-state index contributed by atoms with van der Waals surface area (Å²) in [5.74, 6) is -0.934. The number of oxime groups is 1. The molecule has 0 saturated carbocycles. The minimum absolute atomic E-state index is 0. The van der Waals surface area contributed by atoms with Crippen molar-refractivity contribution in [2.24, 2.45) is 5.16 Å². The van der Waals surface area contributed by atoms with Gasteiger partial charge >= 0.3 is 35.5 Å². The number of hydrogen-bond donors (Lipinski definition) is 0. The Morgan fingerprint density at radius 3 is 2.39 bits per heavy atom. The van der Waals surface area contributed by atoms with E-state index in [1.54, 1.807) is 49.2 Å². The van der Waals surface area contributed by atoms with E-state index in [0.717, 1.165) is 11.3 Å². The Kier molecular flexibility index (Phi) is 6.97. The molecule has 0 unspecified atom stereocenters. The molecule has 7 nitrogen and oxygen atoms in total. The molecule has 0 bridgehead atoms. The van der Waals surface area contributed by atoms with Crippen molar-refractivity contribution in [1.82, 2.24) is 0 Å². The molecule has 0 aliphatic carbocycles. The number of rotatable bonds is 5. The first kappa shape index (κ1) is 19.9. The van der Waals surface area contributed by atoms with E-state index in [1.165, 1.54) is 0 Å². The molecule has 0 amide bonds. The molecule has 1 aromatic carbocycles. The normalized spacial score (nSPS) is 15.9. The third-order valence-corrected chi connectivity index (χ3v) is 3.88. The van der Waals surface area contributed by atoms with Gasteiger partial charge in [-0.2, -0.15) is 0 Å². The summed E-state index contributed by atoms with van der Waals surface area (Å²) < 4.78 is 31.9. The van der Waals surface area contributed by atoms with Crippen LogP contribution in [-0.2, 0) is 19.8 Å². The average Bonchev–Trinajstić information content (AvgIpc) is 2.77. The number of anilines is 1. The van der Waals surface area contributed by atoms with Crippen LogP contribution in [0.4, 0.5) is 5.69 Å². The van der Waals surface area contributed by atoms with Gasteiger partial charge in [-0.05, 0) is 30.7 Å². The van der Waals surface area contributed by atoms with Gasteiger partial charge in [0.2, 0.25) is 0 Å². The van der Waals surface area contributed by atoms with Crippen LogP contribution < -0.4 is 34.5 Å². The monoisotopic (exact) mass is 346 g/mol. The van der Waals surface area contributed by atoms with Crippen molar-refractivity contribution in [3.05, 3.63) is 35.4 Å². The Balaban J connectivity index is 0.00000264. The van der Waals surface area contributed by atoms with Crippen LogP contribution >= 0.6 is 0 Å². The predicted molar refractivity (Wildman–Crippen MR) is 81.5 cm³/mol. The molecule has 0 radical (unpaired) electrons. The summed E-state index contributed by atoms with van der Waals surface area (Å²) in [6.45, 7) is 1.80. The molecule has 1 aliphatic rings. The van der Waals surface area contributed by atoms with Gasteiger partial charge in [-0.15, -0.1) is 0 Å². The maximum Gasteiger partial charge on any atom is 1.00 e. The third-order valence-electron chi connectivity index (χ3n) is 3.20.